The maximum Gasteiger partial charge on any atom is 0.222 e. The summed E-state index contributed by atoms with van der Waals surface area (Å²) in [6.07, 6.45) is 1.69. The minimum atomic E-state index is 0.329. The molecule has 0 atom stereocenters. The molecule has 1 rings (SSSR count). The molecule has 1 N–H and O–H groups in total. The van der Waals surface area contributed by atoms with Crippen LogP contribution in [0.1, 0.15) is 26.7 Å². The summed E-state index contributed by atoms with van der Waals surface area (Å²) in [4.78, 5) is 13.6. The van der Waals surface area contributed by atoms with Gasteiger partial charge in [-0.1, -0.05) is 13.8 Å². The van der Waals surface area contributed by atoms with Crippen LogP contribution < -0.4 is 5.32 Å². The third-order valence-electron chi connectivity index (χ3n) is 2.24. The number of hydrogen-bond donors (Lipinski definition) is 1. The lowest BCUT2D eigenvalue weighted by Crippen LogP contribution is -2.41. The zero-order valence-corrected chi connectivity index (χ0v) is 8.68. The molecule has 1 heterocycles. The number of carbonyl (C=O) groups is 1. The Morgan fingerprint density at radius 3 is 2.92 bits per heavy atom. The molecule has 1 saturated heterocycles. The maximum absolute atomic E-state index is 11.6. The van der Waals surface area contributed by atoms with Crippen molar-refractivity contribution in [3.63, 3.8) is 0 Å². The summed E-state index contributed by atoms with van der Waals surface area (Å²) < 4.78 is 0. The summed E-state index contributed by atoms with van der Waals surface area (Å²) >= 11 is 0. The Morgan fingerprint density at radius 1 is 1.46 bits per heavy atom. The highest BCUT2D eigenvalue weighted by Crippen LogP contribution is 2.04. The van der Waals surface area contributed by atoms with Gasteiger partial charge in [-0.3, -0.25) is 4.79 Å². The second kappa shape index (κ2) is 5.22. The quantitative estimate of drug-likeness (QED) is 0.690. The van der Waals surface area contributed by atoms with Gasteiger partial charge < -0.3 is 10.2 Å². The van der Waals surface area contributed by atoms with E-state index in [0.717, 1.165) is 32.6 Å². The Hall–Kier alpha value is -0.570. The standard InChI is InChI=1S/C10H20N2O/c1-9(2)8-12-7-6-11-5-3-4-10(12)13/h9,11H,3-8H2,1-2H3. The van der Waals surface area contributed by atoms with Crippen molar-refractivity contribution in [2.45, 2.75) is 26.7 Å². The summed E-state index contributed by atoms with van der Waals surface area (Å²) in [5.41, 5.74) is 0. The minimum Gasteiger partial charge on any atom is -0.341 e. The van der Waals surface area contributed by atoms with Crippen molar-refractivity contribution in [3.8, 4) is 0 Å². The smallest absolute Gasteiger partial charge is 0.222 e. The molecule has 3 nitrogen and oxygen atoms in total. The molecule has 1 amide bonds. The van der Waals surface area contributed by atoms with Crippen LogP contribution in [-0.4, -0.2) is 37.0 Å². The molecule has 0 saturated carbocycles. The molecule has 0 aromatic heterocycles. The molecule has 0 aromatic carbocycles. The molecule has 76 valence electrons. The van der Waals surface area contributed by atoms with Crippen molar-refractivity contribution in [1.82, 2.24) is 10.2 Å². The number of carbonyl (C=O) groups excluding carboxylic acids is 1. The molecule has 3 heteroatoms. The highest BCUT2D eigenvalue weighted by molar-refractivity contribution is 5.76. The number of rotatable bonds is 2. The maximum atomic E-state index is 11.6. The fourth-order valence-electron chi connectivity index (χ4n) is 1.62. The van der Waals surface area contributed by atoms with E-state index in [2.05, 4.69) is 19.2 Å². The van der Waals surface area contributed by atoms with Gasteiger partial charge in [-0.05, 0) is 18.9 Å². The highest BCUT2D eigenvalue weighted by atomic mass is 16.2. The molecule has 1 aliphatic rings. The monoisotopic (exact) mass is 184 g/mol. The van der Waals surface area contributed by atoms with Gasteiger partial charge in [0, 0.05) is 26.1 Å². The molecule has 0 bridgehead atoms. The van der Waals surface area contributed by atoms with Crippen molar-refractivity contribution in [1.29, 1.82) is 0 Å². The zero-order valence-electron chi connectivity index (χ0n) is 8.68. The third kappa shape index (κ3) is 3.77. The summed E-state index contributed by atoms with van der Waals surface area (Å²) in [5, 5.41) is 3.32. The average molecular weight is 184 g/mol. The molecular formula is C10H20N2O. The first-order valence-corrected chi connectivity index (χ1v) is 5.18. The molecule has 0 aliphatic carbocycles. The highest BCUT2D eigenvalue weighted by Gasteiger charge is 2.15. The van der Waals surface area contributed by atoms with Crippen LogP contribution in [0.15, 0.2) is 0 Å². The van der Waals surface area contributed by atoms with Crippen molar-refractivity contribution < 1.29 is 4.79 Å². The lowest BCUT2D eigenvalue weighted by atomic mass is 10.1. The van der Waals surface area contributed by atoms with E-state index in [9.17, 15) is 4.79 Å². The van der Waals surface area contributed by atoms with Gasteiger partial charge in [-0.2, -0.15) is 0 Å². The summed E-state index contributed by atoms with van der Waals surface area (Å²) in [5.74, 6) is 0.901. The fourth-order valence-corrected chi connectivity index (χ4v) is 1.62. The Bertz CT molecular complexity index is 168. The van der Waals surface area contributed by atoms with Crippen LogP contribution in [0.2, 0.25) is 0 Å². The first kappa shape index (κ1) is 10.5. The number of amides is 1. The van der Waals surface area contributed by atoms with Crippen LogP contribution >= 0.6 is 0 Å². The van der Waals surface area contributed by atoms with Crippen LogP contribution in [0, 0.1) is 5.92 Å². The first-order chi connectivity index (χ1) is 6.20. The molecule has 0 unspecified atom stereocenters. The van der Waals surface area contributed by atoms with Crippen LogP contribution in [0.25, 0.3) is 0 Å². The van der Waals surface area contributed by atoms with Crippen molar-refractivity contribution in [2.24, 2.45) is 5.92 Å². The Balaban J connectivity index is 2.41. The summed E-state index contributed by atoms with van der Waals surface area (Å²) in [7, 11) is 0. The van der Waals surface area contributed by atoms with E-state index in [4.69, 9.17) is 0 Å². The van der Waals surface area contributed by atoms with E-state index in [1.54, 1.807) is 0 Å². The number of hydrogen-bond acceptors (Lipinski definition) is 2. The van der Waals surface area contributed by atoms with E-state index >= 15 is 0 Å². The predicted octanol–water partition coefficient (Wildman–Crippen LogP) is 0.854. The first-order valence-electron chi connectivity index (χ1n) is 5.18. The second-order valence-electron chi connectivity index (χ2n) is 4.09. The Labute approximate surface area is 80.5 Å². The Kier molecular flexibility index (Phi) is 4.22. The van der Waals surface area contributed by atoms with Gasteiger partial charge >= 0.3 is 0 Å². The van der Waals surface area contributed by atoms with Crippen molar-refractivity contribution >= 4 is 5.91 Å². The molecule has 13 heavy (non-hydrogen) atoms. The van der Waals surface area contributed by atoms with Crippen LogP contribution in [0.5, 0.6) is 0 Å². The lowest BCUT2D eigenvalue weighted by molar-refractivity contribution is -0.132. The van der Waals surface area contributed by atoms with Gasteiger partial charge in [0.1, 0.15) is 0 Å². The largest absolute Gasteiger partial charge is 0.341 e. The van der Waals surface area contributed by atoms with Gasteiger partial charge in [0.25, 0.3) is 0 Å². The van der Waals surface area contributed by atoms with Gasteiger partial charge in [-0.25, -0.2) is 0 Å². The predicted molar refractivity (Wildman–Crippen MR) is 53.5 cm³/mol. The molecule has 1 aliphatic heterocycles. The van der Waals surface area contributed by atoms with E-state index in [0.29, 0.717) is 18.2 Å². The molecule has 0 spiro atoms. The number of nitrogens with one attached hydrogen (secondary N) is 1. The zero-order chi connectivity index (χ0) is 9.68. The van der Waals surface area contributed by atoms with E-state index < -0.39 is 0 Å². The van der Waals surface area contributed by atoms with Crippen LogP contribution in [0.3, 0.4) is 0 Å². The Morgan fingerprint density at radius 2 is 2.23 bits per heavy atom. The van der Waals surface area contributed by atoms with Crippen LogP contribution in [0.4, 0.5) is 0 Å². The van der Waals surface area contributed by atoms with Crippen LogP contribution in [-0.2, 0) is 4.79 Å². The topological polar surface area (TPSA) is 32.3 Å². The molecule has 0 aromatic rings. The SMILES string of the molecule is CC(C)CN1CCNCCCC1=O. The minimum absolute atomic E-state index is 0.329. The lowest BCUT2D eigenvalue weighted by Gasteiger charge is -2.26. The van der Waals surface area contributed by atoms with E-state index in [-0.39, 0.29) is 0 Å². The fraction of sp³-hybridized carbons (Fsp3) is 0.900. The van der Waals surface area contributed by atoms with Gasteiger partial charge in [0.05, 0.1) is 0 Å². The van der Waals surface area contributed by atoms with Gasteiger partial charge in [0.2, 0.25) is 5.91 Å². The van der Waals surface area contributed by atoms with E-state index in [1.807, 2.05) is 4.90 Å². The normalized spacial score (nSPS) is 20.2. The van der Waals surface area contributed by atoms with Crippen molar-refractivity contribution in [3.05, 3.63) is 0 Å². The molecule has 0 radical (unpaired) electrons. The van der Waals surface area contributed by atoms with Crippen molar-refractivity contribution in [2.75, 3.05) is 26.2 Å². The molecular weight excluding hydrogens is 164 g/mol. The summed E-state index contributed by atoms with van der Waals surface area (Å²) in [6.45, 7) is 8.01. The summed E-state index contributed by atoms with van der Waals surface area (Å²) in [6, 6.07) is 0. The second-order valence-corrected chi connectivity index (χ2v) is 4.09. The van der Waals surface area contributed by atoms with E-state index in [1.165, 1.54) is 0 Å². The average Bonchev–Trinajstić information content (AvgIpc) is 2.04. The molecule has 1 fully saturated rings. The third-order valence-corrected chi connectivity index (χ3v) is 2.24. The number of nitrogens with zero attached hydrogens (tertiary/aromatic N) is 1. The van der Waals surface area contributed by atoms with Gasteiger partial charge in [-0.15, -0.1) is 0 Å². The van der Waals surface area contributed by atoms with Gasteiger partial charge in [0.15, 0.2) is 0 Å².